The fourth-order valence-corrected chi connectivity index (χ4v) is 2.89. The molecular weight excluding hydrogens is 344 g/mol. The van der Waals surface area contributed by atoms with E-state index in [0.29, 0.717) is 25.5 Å². The van der Waals surface area contributed by atoms with Gasteiger partial charge in [0.05, 0.1) is 38.4 Å². The van der Waals surface area contributed by atoms with Gasteiger partial charge in [0.1, 0.15) is 23.5 Å². The van der Waals surface area contributed by atoms with E-state index in [1.807, 2.05) is 48.5 Å². The van der Waals surface area contributed by atoms with E-state index in [1.54, 1.807) is 25.9 Å². The Balaban J connectivity index is 1.49. The Morgan fingerprint density at radius 2 is 1.52 bits per heavy atom. The maximum atomic E-state index is 5.67. The minimum absolute atomic E-state index is 0.587. The first-order valence-corrected chi connectivity index (χ1v) is 8.66. The number of methoxy groups -OCH3 is 1. The van der Waals surface area contributed by atoms with E-state index in [-0.39, 0.29) is 0 Å². The van der Waals surface area contributed by atoms with Crippen LogP contribution in [0, 0.1) is 0 Å². The summed E-state index contributed by atoms with van der Waals surface area (Å²) in [5.74, 6) is 3.16. The number of aromatic nitrogens is 1. The van der Waals surface area contributed by atoms with E-state index >= 15 is 0 Å². The van der Waals surface area contributed by atoms with Crippen molar-refractivity contribution in [3.8, 4) is 17.2 Å². The molecule has 3 heterocycles. The van der Waals surface area contributed by atoms with Crippen LogP contribution in [0.25, 0.3) is 11.5 Å². The summed E-state index contributed by atoms with van der Waals surface area (Å²) in [6, 6.07) is 15.3. The van der Waals surface area contributed by atoms with Gasteiger partial charge in [0.15, 0.2) is 0 Å². The van der Waals surface area contributed by atoms with Crippen LogP contribution in [0.2, 0.25) is 0 Å². The molecule has 1 aromatic carbocycles. The standard InChI is InChI=1S/C21H20N2O4/c1-24-18-8-6-16(7-9-18)21-22-17(15-27-21)12-23(13-19-4-2-10-25-19)14-20-5-3-11-26-20/h2-11,15H,12-14H2,1H3. The summed E-state index contributed by atoms with van der Waals surface area (Å²) in [5.41, 5.74) is 1.75. The highest BCUT2D eigenvalue weighted by atomic mass is 16.5. The Kier molecular flexibility index (Phi) is 5.07. The lowest BCUT2D eigenvalue weighted by atomic mass is 10.2. The van der Waals surface area contributed by atoms with Gasteiger partial charge in [-0.1, -0.05) is 0 Å². The molecule has 0 saturated heterocycles. The van der Waals surface area contributed by atoms with Gasteiger partial charge in [-0.3, -0.25) is 4.90 Å². The zero-order chi connectivity index (χ0) is 18.5. The molecule has 0 bridgehead atoms. The first-order valence-electron chi connectivity index (χ1n) is 8.66. The van der Waals surface area contributed by atoms with Gasteiger partial charge < -0.3 is 18.0 Å². The summed E-state index contributed by atoms with van der Waals surface area (Å²) in [7, 11) is 1.64. The van der Waals surface area contributed by atoms with E-state index < -0.39 is 0 Å². The van der Waals surface area contributed by atoms with Gasteiger partial charge in [0, 0.05) is 12.1 Å². The molecule has 0 aliphatic rings. The number of hydrogen-bond acceptors (Lipinski definition) is 6. The third kappa shape index (κ3) is 4.30. The molecule has 3 aromatic heterocycles. The largest absolute Gasteiger partial charge is 0.497 e. The summed E-state index contributed by atoms with van der Waals surface area (Å²) in [4.78, 5) is 6.81. The molecule has 4 aromatic rings. The van der Waals surface area contributed by atoms with Crippen molar-refractivity contribution in [2.24, 2.45) is 0 Å². The van der Waals surface area contributed by atoms with Crippen LogP contribution in [0.3, 0.4) is 0 Å². The number of nitrogens with zero attached hydrogens (tertiary/aromatic N) is 2. The molecule has 27 heavy (non-hydrogen) atoms. The van der Waals surface area contributed by atoms with Gasteiger partial charge in [0.2, 0.25) is 5.89 Å². The SMILES string of the molecule is COc1ccc(-c2nc(CN(Cc3ccco3)Cc3ccco3)co2)cc1. The maximum absolute atomic E-state index is 5.67. The second kappa shape index (κ2) is 7.97. The van der Waals surface area contributed by atoms with Gasteiger partial charge in [-0.15, -0.1) is 0 Å². The average Bonchev–Trinajstić information content (AvgIpc) is 3.45. The second-order valence-electron chi connectivity index (χ2n) is 6.18. The monoisotopic (exact) mass is 364 g/mol. The summed E-state index contributed by atoms with van der Waals surface area (Å²) >= 11 is 0. The van der Waals surface area contributed by atoms with Crippen LogP contribution in [0.15, 0.2) is 80.6 Å². The third-order valence-corrected chi connectivity index (χ3v) is 4.19. The molecule has 0 spiro atoms. The highest BCUT2D eigenvalue weighted by molar-refractivity contribution is 5.54. The molecular formula is C21H20N2O4. The van der Waals surface area contributed by atoms with Crippen LogP contribution in [-0.4, -0.2) is 17.0 Å². The van der Waals surface area contributed by atoms with E-state index in [9.17, 15) is 0 Å². The zero-order valence-electron chi connectivity index (χ0n) is 15.0. The van der Waals surface area contributed by atoms with Crippen LogP contribution < -0.4 is 4.74 Å². The lowest BCUT2D eigenvalue weighted by Crippen LogP contribution is -2.22. The minimum Gasteiger partial charge on any atom is -0.497 e. The predicted octanol–water partition coefficient (Wildman–Crippen LogP) is 4.74. The number of rotatable bonds is 8. The van der Waals surface area contributed by atoms with Crippen LogP contribution in [0.5, 0.6) is 5.75 Å². The van der Waals surface area contributed by atoms with E-state index in [4.69, 9.17) is 18.0 Å². The van der Waals surface area contributed by atoms with Crippen LogP contribution in [-0.2, 0) is 19.6 Å². The van der Waals surface area contributed by atoms with E-state index in [2.05, 4.69) is 9.88 Å². The number of furan rings is 2. The summed E-state index contributed by atoms with van der Waals surface area (Å²) in [6.45, 7) is 1.91. The first kappa shape index (κ1) is 17.2. The van der Waals surface area contributed by atoms with E-state index in [0.717, 1.165) is 28.5 Å². The number of hydrogen-bond donors (Lipinski definition) is 0. The topological polar surface area (TPSA) is 64.8 Å². The number of benzene rings is 1. The maximum Gasteiger partial charge on any atom is 0.226 e. The van der Waals surface area contributed by atoms with Gasteiger partial charge in [-0.25, -0.2) is 4.98 Å². The van der Waals surface area contributed by atoms with Crippen molar-refractivity contribution in [1.82, 2.24) is 9.88 Å². The van der Waals surface area contributed by atoms with Crippen molar-refractivity contribution in [3.63, 3.8) is 0 Å². The van der Waals surface area contributed by atoms with Crippen LogP contribution in [0.4, 0.5) is 0 Å². The molecule has 138 valence electrons. The summed E-state index contributed by atoms with van der Waals surface area (Å²) in [6.07, 6.45) is 5.05. The fourth-order valence-electron chi connectivity index (χ4n) is 2.89. The fraction of sp³-hybridized carbons (Fsp3) is 0.190. The van der Waals surface area contributed by atoms with Crippen LogP contribution in [0.1, 0.15) is 17.2 Å². The molecule has 6 nitrogen and oxygen atoms in total. The first-order chi connectivity index (χ1) is 13.3. The average molecular weight is 364 g/mol. The molecule has 0 atom stereocenters. The summed E-state index contributed by atoms with van der Waals surface area (Å²) < 4.78 is 21.8. The molecule has 4 rings (SSSR count). The molecule has 6 heteroatoms. The van der Waals surface area contributed by atoms with Gasteiger partial charge >= 0.3 is 0 Å². The van der Waals surface area contributed by atoms with Crippen molar-refractivity contribution in [2.75, 3.05) is 7.11 Å². The number of oxazole rings is 1. The lowest BCUT2D eigenvalue weighted by Gasteiger charge is -2.18. The number of ether oxygens (including phenoxy) is 1. The highest BCUT2D eigenvalue weighted by Crippen LogP contribution is 2.23. The van der Waals surface area contributed by atoms with E-state index in [1.165, 1.54) is 0 Å². The second-order valence-corrected chi connectivity index (χ2v) is 6.18. The van der Waals surface area contributed by atoms with Gasteiger partial charge in [0.25, 0.3) is 0 Å². The smallest absolute Gasteiger partial charge is 0.226 e. The van der Waals surface area contributed by atoms with Crippen molar-refractivity contribution < 1.29 is 18.0 Å². The Bertz CT molecular complexity index is 904. The highest BCUT2D eigenvalue weighted by Gasteiger charge is 2.15. The summed E-state index contributed by atoms with van der Waals surface area (Å²) in [5, 5.41) is 0. The molecule has 0 unspecified atom stereocenters. The molecule has 0 aliphatic heterocycles. The minimum atomic E-state index is 0.587. The molecule has 0 fully saturated rings. The Hall–Kier alpha value is -3.25. The van der Waals surface area contributed by atoms with Crippen molar-refractivity contribution in [3.05, 3.63) is 84.5 Å². The molecule has 0 aliphatic carbocycles. The van der Waals surface area contributed by atoms with Gasteiger partial charge in [-0.05, 0) is 48.5 Å². The van der Waals surface area contributed by atoms with Crippen molar-refractivity contribution >= 4 is 0 Å². The van der Waals surface area contributed by atoms with Gasteiger partial charge in [-0.2, -0.15) is 0 Å². The Labute approximate surface area is 157 Å². The Morgan fingerprint density at radius 1 is 0.852 bits per heavy atom. The van der Waals surface area contributed by atoms with Crippen LogP contribution >= 0.6 is 0 Å². The van der Waals surface area contributed by atoms with Crippen molar-refractivity contribution in [2.45, 2.75) is 19.6 Å². The molecule has 0 amide bonds. The quantitative estimate of drug-likeness (QED) is 0.450. The zero-order valence-corrected chi connectivity index (χ0v) is 15.0. The molecule has 0 N–H and O–H groups in total. The normalized spacial score (nSPS) is 11.2. The Morgan fingerprint density at radius 3 is 2.07 bits per heavy atom. The predicted molar refractivity (Wildman–Crippen MR) is 98.9 cm³/mol. The van der Waals surface area contributed by atoms with Crippen molar-refractivity contribution in [1.29, 1.82) is 0 Å². The lowest BCUT2D eigenvalue weighted by molar-refractivity contribution is 0.207. The third-order valence-electron chi connectivity index (χ3n) is 4.19. The molecule has 0 radical (unpaired) electrons. The molecule has 0 saturated carbocycles.